The lowest BCUT2D eigenvalue weighted by Gasteiger charge is -2.22. The number of likely N-dealkylation sites (N-methyl/N-ethyl adjacent to an activating group) is 1. The van der Waals surface area contributed by atoms with Crippen LogP contribution in [0.4, 0.5) is 11.4 Å². The highest BCUT2D eigenvalue weighted by Crippen LogP contribution is 2.36. The number of amides is 2. The first-order valence-electron chi connectivity index (χ1n) is 11.3. The third-order valence-corrected chi connectivity index (χ3v) is 7.13. The molecule has 3 atom stereocenters. The summed E-state index contributed by atoms with van der Waals surface area (Å²) in [5.41, 5.74) is 1.54. The van der Waals surface area contributed by atoms with Crippen molar-refractivity contribution < 1.29 is 19.5 Å². The number of carbonyl (C=O) groups excluding carboxylic acids is 2. The van der Waals surface area contributed by atoms with Gasteiger partial charge in [-0.1, -0.05) is 19.9 Å². The van der Waals surface area contributed by atoms with Gasteiger partial charge in [0.25, 0.3) is 0 Å². The zero-order chi connectivity index (χ0) is 24.4. The summed E-state index contributed by atoms with van der Waals surface area (Å²) in [4.78, 5) is 39.9. The third kappa shape index (κ3) is 7.65. The lowest BCUT2D eigenvalue weighted by atomic mass is 10.1. The van der Waals surface area contributed by atoms with Crippen LogP contribution < -0.4 is 10.6 Å². The second-order valence-corrected chi connectivity index (χ2v) is 9.15. The Hall–Kier alpha value is -2.77. The zero-order valence-electron chi connectivity index (χ0n) is 19.4. The minimum Gasteiger partial charge on any atom is -0.480 e. The van der Waals surface area contributed by atoms with Gasteiger partial charge in [0, 0.05) is 30.9 Å². The van der Waals surface area contributed by atoms with Crippen molar-refractivity contribution in [2.24, 2.45) is 5.92 Å². The lowest BCUT2D eigenvalue weighted by Crippen LogP contribution is -2.36. The molecule has 2 rings (SSSR count). The van der Waals surface area contributed by atoms with Crippen molar-refractivity contribution in [2.75, 3.05) is 43.4 Å². The second-order valence-electron chi connectivity index (χ2n) is 7.77. The Balaban J connectivity index is 1.89. The van der Waals surface area contributed by atoms with Gasteiger partial charge in [0.1, 0.15) is 5.92 Å². The molecule has 1 aliphatic rings. The van der Waals surface area contributed by atoms with Crippen molar-refractivity contribution in [3.63, 3.8) is 0 Å². The molecule has 1 saturated heterocycles. The third-order valence-electron chi connectivity index (χ3n) is 5.60. The largest absolute Gasteiger partial charge is 0.480 e. The fourth-order valence-corrected chi connectivity index (χ4v) is 5.29. The number of hydrogen-bond donors (Lipinski definition) is 3. The van der Waals surface area contributed by atoms with Crippen molar-refractivity contribution in [2.45, 2.75) is 44.2 Å². The molecular formula is C23H33N5O4S. The Morgan fingerprint density at radius 3 is 2.58 bits per heavy atom. The molecule has 2 amide bonds. The number of nitrogens with one attached hydrogen (secondary N) is 2. The Bertz CT molecular complexity index is 871. The predicted molar refractivity (Wildman–Crippen MR) is 130 cm³/mol. The van der Waals surface area contributed by atoms with E-state index in [4.69, 9.17) is 10.4 Å². The van der Waals surface area contributed by atoms with Crippen LogP contribution in [0.1, 0.15) is 33.6 Å². The molecule has 1 aromatic rings. The summed E-state index contributed by atoms with van der Waals surface area (Å²) in [6, 6.07) is 9.25. The van der Waals surface area contributed by atoms with E-state index in [1.54, 1.807) is 4.90 Å². The first-order chi connectivity index (χ1) is 15.8. The maximum absolute atomic E-state index is 12.7. The first kappa shape index (κ1) is 26.5. The molecule has 1 heterocycles. The van der Waals surface area contributed by atoms with E-state index in [9.17, 15) is 14.4 Å². The van der Waals surface area contributed by atoms with E-state index in [0.29, 0.717) is 31.7 Å². The van der Waals surface area contributed by atoms with Gasteiger partial charge in [-0.2, -0.15) is 5.26 Å². The van der Waals surface area contributed by atoms with Gasteiger partial charge >= 0.3 is 5.97 Å². The Morgan fingerprint density at radius 1 is 1.27 bits per heavy atom. The fourth-order valence-electron chi connectivity index (χ4n) is 3.70. The quantitative estimate of drug-likeness (QED) is 0.398. The molecule has 0 spiro atoms. The normalized spacial score (nSPS) is 18.8. The highest BCUT2D eigenvalue weighted by Gasteiger charge is 2.40. The maximum Gasteiger partial charge on any atom is 0.321 e. The van der Waals surface area contributed by atoms with Crippen molar-refractivity contribution in [3.8, 4) is 6.07 Å². The minimum atomic E-state index is -1.16. The number of carbonyl (C=O) groups is 3. The summed E-state index contributed by atoms with van der Waals surface area (Å²) in [7, 11) is 0. The topological polar surface area (TPSA) is 126 Å². The minimum absolute atomic E-state index is 0.0196. The number of nitrogens with zero attached hydrogens (tertiary/aromatic N) is 3. The molecule has 180 valence electrons. The summed E-state index contributed by atoms with van der Waals surface area (Å²) < 4.78 is 0. The van der Waals surface area contributed by atoms with Gasteiger partial charge in [0.05, 0.1) is 23.2 Å². The Kier molecular flexibility index (Phi) is 10.5. The van der Waals surface area contributed by atoms with Gasteiger partial charge in [-0.05, 0) is 44.6 Å². The van der Waals surface area contributed by atoms with Gasteiger partial charge in [-0.15, -0.1) is 11.8 Å². The number of anilines is 2. The average molecular weight is 476 g/mol. The molecule has 0 aliphatic carbocycles. The Labute approximate surface area is 199 Å². The average Bonchev–Trinajstić information content (AvgIpc) is 3.09. The summed E-state index contributed by atoms with van der Waals surface area (Å²) in [6.07, 6.45) is 0.689. The number of carboxylic acid groups (broad SMARTS) is 1. The van der Waals surface area contributed by atoms with Crippen LogP contribution in [0.25, 0.3) is 0 Å². The first-order valence-corrected chi connectivity index (χ1v) is 12.2. The molecule has 1 aliphatic heterocycles. The molecule has 10 heteroatoms. The van der Waals surface area contributed by atoms with Gasteiger partial charge in [0.2, 0.25) is 11.8 Å². The van der Waals surface area contributed by atoms with Crippen LogP contribution in [0, 0.1) is 17.2 Å². The van der Waals surface area contributed by atoms with Crippen LogP contribution in [0.15, 0.2) is 24.3 Å². The summed E-state index contributed by atoms with van der Waals surface area (Å²) in [6.45, 7) is 8.89. The number of benzene rings is 1. The van der Waals surface area contributed by atoms with E-state index in [1.807, 2.05) is 56.0 Å². The summed E-state index contributed by atoms with van der Waals surface area (Å²) >= 11 is 1.43. The lowest BCUT2D eigenvalue weighted by molar-refractivity contribution is -0.141. The van der Waals surface area contributed by atoms with E-state index in [1.165, 1.54) is 11.8 Å². The number of thioether (sulfide) groups is 1. The highest BCUT2D eigenvalue weighted by molar-refractivity contribution is 8.01. The zero-order valence-corrected chi connectivity index (χ0v) is 20.2. The van der Waals surface area contributed by atoms with Crippen molar-refractivity contribution in [3.05, 3.63) is 24.3 Å². The van der Waals surface area contributed by atoms with Crippen LogP contribution >= 0.6 is 11.8 Å². The molecule has 0 aromatic heterocycles. The molecule has 3 N–H and O–H groups in total. The van der Waals surface area contributed by atoms with Crippen molar-refractivity contribution in [1.82, 2.24) is 9.80 Å². The van der Waals surface area contributed by atoms with Crippen LogP contribution in [-0.4, -0.2) is 76.0 Å². The SMILES string of the molecule is CCN(CC)CC(=O)Nc1cccc(NCCC2SC(CC(C#N)C(=O)O)N(CC)C2=O)c1. The number of rotatable bonds is 13. The molecule has 33 heavy (non-hydrogen) atoms. The number of carboxylic acids is 1. The molecule has 0 bridgehead atoms. The van der Waals surface area contributed by atoms with Crippen molar-refractivity contribution >= 4 is 40.9 Å². The van der Waals surface area contributed by atoms with Gasteiger partial charge in [-0.3, -0.25) is 19.3 Å². The van der Waals surface area contributed by atoms with Crippen LogP contribution in [0.3, 0.4) is 0 Å². The smallest absolute Gasteiger partial charge is 0.321 e. The molecule has 0 saturated carbocycles. The highest BCUT2D eigenvalue weighted by atomic mass is 32.2. The van der Waals surface area contributed by atoms with E-state index in [0.717, 1.165) is 18.8 Å². The fraction of sp³-hybridized carbons (Fsp3) is 0.565. The molecule has 0 radical (unpaired) electrons. The molecule has 3 unspecified atom stereocenters. The summed E-state index contributed by atoms with van der Waals surface area (Å²) in [5.74, 6) is -2.36. The van der Waals surface area contributed by atoms with Crippen LogP contribution in [0.2, 0.25) is 0 Å². The monoisotopic (exact) mass is 475 g/mol. The predicted octanol–water partition coefficient (Wildman–Crippen LogP) is 2.67. The maximum atomic E-state index is 12.7. The molecule has 9 nitrogen and oxygen atoms in total. The molecule has 1 aromatic carbocycles. The van der Waals surface area contributed by atoms with E-state index in [-0.39, 0.29) is 28.9 Å². The van der Waals surface area contributed by atoms with E-state index in [2.05, 4.69) is 10.6 Å². The van der Waals surface area contributed by atoms with E-state index >= 15 is 0 Å². The summed E-state index contributed by atoms with van der Waals surface area (Å²) in [5, 5.41) is 23.9. The second kappa shape index (κ2) is 13.1. The van der Waals surface area contributed by atoms with Gasteiger partial charge in [0.15, 0.2) is 0 Å². The van der Waals surface area contributed by atoms with Gasteiger partial charge < -0.3 is 20.6 Å². The van der Waals surface area contributed by atoms with E-state index < -0.39 is 11.9 Å². The van der Waals surface area contributed by atoms with Gasteiger partial charge in [-0.25, -0.2) is 0 Å². The van der Waals surface area contributed by atoms with Crippen molar-refractivity contribution in [1.29, 1.82) is 5.26 Å². The molecule has 1 fully saturated rings. The Morgan fingerprint density at radius 2 is 1.97 bits per heavy atom. The number of aliphatic carboxylic acids is 1. The van der Waals surface area contributed by atoms with Crippen LogP contribution in [-0.2, 0) is 14.4 Å². The van der Waals surface area contributed by atoms with Crippen LogP contribution in [0.5, 0.6) is 0 Å². The standard InChI is InChI=1S/C23H33N5O4S/c1-4-27(5-2)15-20(29)26-18-9-7-8-17(13-18)25-11-10-19-22(30)28(6-3)21(33-19)12-16(14-24)23(31)32/h7-9,13,16,19,21,25H,4-6,10-12,15H2,1-3H3,(H,26,29)(H,31,32). The number of hydrogen-bond acceptors (Lipinski definition) is 7. The number of nitriles is 1. The molecular weight excluding hydrogens is 442 g/mol.